The maximum atomic E-state index is 6.77. The second-order valence-corrected chi connectivity index (χ2v) is 9.96. The zero-order valence-electron chi connectivity index (χ0n) is 20.1. The van der Waals surface area contributed by atoms with E-state index in [1.54, 1.807) is 0 Å². The molecule has 0 spiro atoms. The Morgan fingerprint density at radius 2 is 1.30 bits per heavy atom. The van der Waals surface area contributed by atoms with Gasteiger partial charge in [-0.2, -0.15) is 0 Å². The van der Waals surface area contributed by atoms with E-state index in [-0.39, 0.29) is 11.8 Å². The summed E-state index contributed by atoms with van der Waals surface area (Å²) < 4.78 is 14.3. The van der Waals surface area contributed by atoms with Crippen LogP contribution in [0.4, 0.5) is 0 Å². The molecule has 0 saturated heterocycles. The molecule has 0 amide bonds. The fourth-order valence-corrected chi connectivity index (χ4v) is 4.26. The number of benzene rings is 2. The zero-order chi connectivity index (χ0) is 22.2. The molecule has 0 aliphatic heterocycles. The third-order valence-corrected chi connectivity index (χ3v) is 5.68. The molecular weight excluding hydrogens is 370 g/mol. The molecule has 1 atom stereocenters. The van der Waals surface area contributed by atoms with Gasteiger partial charge in [-0.3, -0.25) is 4.48 Å². The molecule has 2 aromatic carbocycles. The standard InChI is InChI=1S/C27H42NO2/c1-8-28(6,7)26(24-15-11-9-12-16-24)29-21-27(19-22(2)3,20-23(4)5)30-25-17-13-10-14-18-25/h9-18,22-23,26H,8,19-21H2,1-7H3/q+1. The van der Waals surface area contributed by atoms with Gasteiger partial charge in [0, 0.05) is 5.56 Å². The van der Waals surface area contributed by atoms with Crippen molar-refractivity contribution in [2.75, 3.05) is 27.2 Å². The predicted molar refractivity (Wildman–Crippen MR) is 126 cm³/mol. The highest BCUT2D eigenvalue weighted by Crippen LogP contribution is 2.35. The van der Waals surface area contributed by atoms with Crippen molar-refractivity contribution >= 4 is 0 Å². The van der Waals surface area contributed by atoms with Gasteiger partial charge in [0.15, 0.2) is 0 Å². The summed E-state index contributed by atoms with van der Waals surface area (Å²) in [5, 5.41) is 0. The minimum absolute atomic E-state index is 0.0331. The molecule has 166 valence electrons. The SMILES string of the molecule is CC[N+](C)(C)C(OCC(CC(C)C)(CC(C)C)Oc1ccccc1)c1ccccc1. The van der Waals surface area contributed by atoms with Gasteiger partial charge < -0.3 is 9.47 Å². The van der Waals surface area contributed by atoms with Gasteiger partial charge in [0.05, 0.1) is 27.2 Å². The first-order chi connectivity index (χ1) is 14.2. The van der Waals surface area contributed by atoms with Gasteiger partial charge >= 0.3 is 0 Å². The molecule has 0 bridgehead atoms. The maximum Gasteiger partial charge on any atom is 0.219 e. The Kier molecular flexibility index (Phi) is 8.93. The Hall–Kier alpha value is -1.84. The van der Waals surface area contributed by atoms with Crippen molar-refractivity contribution in [3.05, 3.63) is 66.2 Å². The van der Waals surface area contributed by atoms with E-state index in [0.29, 0.717) is 18.4 Å². The number of hydrogen-bond acceptors (Lipinski definition) is 2. The van der Waals surface area contributed by atoms with E-state index in [0.717, 1.165) is 29.6 Å². The van der Waals surface area contributed by atoms with Crippen LogP contribution in [-0.4, -0.2) is 37.3 Å². The van der Waals surface area contributed by atoms with E-state index >= 15 is 0 Å². The number of hydrogen-bond donors (Lipinski definition) is 0. The Bertz CT molecular complexity index is 715. The van der Waals surface area contributed by atoms with Crippen LogP contribution in [0.1, 0.15) is 59.3 Å². The van der Waals surface area contributed by atoms with Crippen molar-refractivity contribution in [1.29, 1.82) is 0 Å². The molecule has 30 heavy (non-hydrogen) atoms. The lowest BCUT2D eigenvalue weighted by molar-refractivity contribution is -0.943. The number of ether oxygens (including phenoxy) is 2. The van der Waals surface area contributed by atoms with Crippen LogP contribution in [0.25, 0.3) is 0 Å². The van der Waals surface area contributed by atoms with E-state index in [9.17, 15) is 0 Å². The van der Waals surface area contributed by atoms with E-state index in [1.165, 1.54) is 5.56 Å². The Balaban J connectivity index is 2.36. The Morgan fingerprint density at radius 1 is 0.800 bits per heavy atom. The number of rotatable bonds is 12. The summed E-state index contributed by atoms with van der Waals surface area (Å²) in [6, 6.07) is 20.8. The molecular formula is C27H42NO2+. The average Bonchev–Trinajstić information content (AvgIpc) is 2.68. The van der Waals surface area contributed by atoms with Gasteiger partial charge in [0.25, 0.3) is 0 Å². The van der Waals surface area contributed by atoms with Crippen molar-refractivity contribution < 1.29 is 14.0 Å². The molecule has 0 N–H and O–H groups in total. The van der Waals surface area contributed by atoms with Crippen LogP contribution in [-0.2, 0) is 4.74 Å². The van der Waals surface area contributed by atoms with Crippen molar-refractivity contribution in [1.82, 2.24) is 0 Å². The highest BCUT2D eigenvalue weighted by Gasteiger charge is 2.38. The minimum atomic E-state index is -0.357. The molecule has 3 nitrogen and oxygen atoms in total. The lowest BCUT2D eigenvalue weighted by Gasteiger charge is -2.41. The molecule has 0 fully saturated rings. The third kappa shape index (κ3) is 7.14. The summed E-state index contributed by atoms with van der Waals surface area (Å²) >= 11 is 0. The summed E-state index contributed by atoms with van der Waals surface area (Å²) in [6.07, 6.45) is 1.89. The fourth-order valence-electron chi connectivity index (χ4n) is 4.26. The van der Waals surface area contributed by atoms with Gasteiger partial charge in [-0.1, -0.05) is 76.2 Å². The summed E-state index contributed by atoms with van der Waals surface area (Å²) in [6.45, 7) is 12.8. The molecule has 0 aromatic heterocycles. The number of para-hydroxylation sites is 1. The topological polar surface area (TPSA) is 18.5 Å². The Labute approximate surface area is 184 Å². The Morgan fingerprint density at radius 3 is 1.77 bits per heavy atom. The first-order valence-corrected chi connectivity index (χ1v) is 11.4. The highest BCUT2D eigenvalue weighted by molar-refractivity contribution is 5.22. The summed E-state index contributed by atoms with van der Waals surface area (Å²) in [7, 11) is 4.48. The molecule has 2 aromatic rings. The molecule has 0 saturated carbocycles. The second-order valence-electron chi connectivity index (χ2n) is 9.96. The first-order valence-electron chi connectivity index (χ1n) is 11.4. The normalized spacial score (nSPS) is 13.6. The zero-order valence-corrected chi connectivity index (χ0v) is 20.1. The van der Waals surface area contributed by atoms with Crippen LogP contribution in [0, 0.1) is 11.8 Å². The molecule has 3 heteroatoms. The van der Waals surface area contributed by atoms with Crippen molar-refractivity contribution in [2.45, 2.75) is 59.3 Å². The monoisotopic (exact) mass is 412 g/mol. The lowest BCUT2D eigenvalue weighted by atomic mass is 9.85. The minimum Gasteiger partial charge on any atom is -0.485 e. The molecule has 0 aliphatic carbocycles. The molecule has 0 aliphatic rings. The quantitative estimate of drug-likeness (QED) is 0.285. The van der Waals surface area contributed by atoms with Crippen molar-refractivity contribution in [3.8, 4) is 5.75 Å². The average molecular weight is 413 g/mol. The third-order valence-electron chi connectivity index (χ3n) is 5.68. The van der Waals surface area contributed by atoms with Crippen LogP contribution in [0.2, 0.25) is 0 Å². The van der Waals surface area contributed by atoms with Gasteiger partial charge in [-0.25, -0.2) is 0 Å². The number of quaternary nitrogens is 1. The second kappa shape index (κ2) is 11.0. The molecule has 2 rings (SSSR count). The number of nitrogens with zero attached hydrogens (tertiary/aromatic N) is 1. The summed E-state index contributed by atoms with van der Waals surface area (Å²) in [5.74, 6) is 1.95. The fraction of sp³-hybridized carbons (Fsp3) is 0.556. The van der Waals surface area contributed by atoms with Crippen LogP contribution >= 0.6 is 0 Å². The van der Waals surface area contributed by atoms with Gasteiger partial charge in [0.1, 0.15) is 11.4 Å². The van der Waals surface area contributed by atoms with Gasteiger partial charge in [-0.05, 0) is 43.7 Å². The van der Waals surface area contributed by atoms with Crippen molar-refractivity contribution in [2.24, 2.45) is 11.8 Å². The summed E-state index contributed by atoms with van der Waals surface area (Å²) in [5.41, 5.74) is 0.858. The first kappa shape index (κ1) is 24.4. The van der Waals surface area contributed by atoms with E-state index in [2.05, 4.69) is 91.2 Å². The molecule has 0 radical (unpaired) electrons. The van der Waals surface area contributed by atoms with Crippen LogP contribution in [0.5, 0.6) is 5.75 Å². The smallest absolute Gasteiger partial charge is 0.219 e. The van der Waals surface area contributed by atoms with Crippen LogP contribution < -0.4 is 4.74 Å². The largest absolute Gasteiger partial charge is 0.485 e. The predicted octanol–water partition coefficient (Wildman–Crippen LogP) is 6.71. The van der Waals surface area contributed by atoms with E-state index in [4.69, 9.17) is 9.47 Å². The summed E-state index contributed by atoms with van der Waals surface area (Å²) in [4.78, 5) is 0. The molecule has 1 unspecified atom stereocenters. The van der Waals surface area contributed by atoms with Crippen LogP contribution in [0.3, 0.4) is 0 Å². The van der Waals surface area contributed by atoms with Gasteiger partial charge in [-0.15, -0.1) is 0 Å². The maximum absolute atomic E-state index is 6.77. The van der Waals surface area contributed by atoms with Crippen LogP contribution in [0.15, 0.2) is 60.7 Å². The lowest BCUT2D eigenvalue weighted by Crippen LogP contribution is -2.49. The van der Waals surface area contributed by atoms with Gasteiger partial charge in [0.2, 0.25) is 6.23 Å². The highest BCUT2D eigenvalue weighted by atomic mass is 16.6. The molecule has 0 heterocycles. The van der Waals surface area contributed by atoms with E-state index in [1.807, 2.05) is 18.2 Å². The van der Waals surface area contributed by atoms with Crippen molar-refractivity contribution in [3.63, 3.8) is 0 Å². The van der Waals surface area contributed by atoms with E-state index < -0.39 is 0 Å².